The molecule has 0 saturated heterocycles. The number of ketones is 3. The Morgan fingerprint density at radius 1 is 1.09 bits per heavy atom. The fourth-order valence-corrected chi connectivity index (χ4v) is 2.66. The summed E-state index contributed by atoms with van der Waals surface area (Å²) in [5.74, 6) is -2.19. The summed E-state index contributed by atoms with van der Waals surface area (Å²) in [5.41, 5.74) is -0.246. The minimum absolute atomic E-state index is 0.0223. The third-order valence-electron chi connectivity index (χ3n) is 4.61. The van der Waals surface area contributed by atoms with Gasteiger partial charge in [0.15, 0.2) is 11.6 Å². The highest BCUT2D eigenvalue weighted by Gasteiger charge is 2.39. The molecular weight excluding hydrogens is 296 g/mol. The number of carbonyl (C=O) groups is 4. The quantitative estimate of drug-likeness (QED) is 0.844. The molecule has 0 bridgehead atoms. The summed E-state index contributed by atoms with van der Waals surface area (Å²) >= 11 is 0. The molecule has 1 aromatic carbocycles. The zero-order valence-corrected chi connectivity index (χ0v) is 13.3. The summed E-state index contributed by atoms with van der Waals surface area (Å²) in [4.78, 5) is 48.0. The summed E-state index contributed by atoms with van der Waals surface area (Å²) in [7, 11) is 0. The predicted molar refractivity (Wildman–Crippen MR) is 83.5 cm³/mol. The number of rotatable bonds is 5. The molecular formula is C18H18O5. The Hall–Kier alpha value is -2.56. The van der Waals surface area contributed by atoms with E-state index in [2.05, 4.69) is 0 Å². The molecule has 2 rings (SSSR count). The van der Waals surface area contributed by atoms with Gasteiger partial charge in [0.05, 0.1) is 0 Å². The van der Waals surface area contributed by atoms with Crippen molar-refractivity contribution in [1.29, 1.82) is 0 Å². The molecule has 120 valence electrons. The van der Waals surface area contributed by atoms with E-state index < -0.39 is 17.2 Å². The van der Waals surface area contributed by atoms with Crippen molar-refractivity contribution >= 4 is 23.3 Å². The number of hydrogen-bond donors (Lipinski definition) is 1. The van der Waals surface area contributed by atoms with E-state index in [-0.39, 0.29) is 24.4 Å². The maximum Gasteiger partial charge on any atom is 0.316 e. The lowest BCUT2D eigenvalue weighted by molar-refractivity contribution is -0.153. The summed E-state index contributed by atoms with van der Waals surface area (Å²) in [5, 5.41) is 9.29. The molecule has 0 fully saturated rings. The molecule has 0 aromatic heterocycles. The molecule has 0 saturated carbocycles. The molecule has 1 atom stereocenters. The molecule has 1 unspecified atom stereocenters. The Labute approximate surface area is 134 Å². The number of hydrogen-bond acceptors (Lipinski definition) is 4. The van der Waals surface area contributed by atoms with Crippen LogP contribution in [0.3, 0.4) is 0 Å². The lowest BCUT2D eigenvalue weighted by atomic mass is 9.77. The minimum Gasteiger partial charge on any atom is -0.481 e. The molecule has 5 nitrogen and oxygen atoms in total. The van der Waals surface area contributed by atoms with Gasteiger partial charge in [0, 0.05) is 22.3 Å². The van der Waals surface area contributed by atoms with Crippen LogP contribution in [0.15, 0.2) is 35.4 Å². The molecule has 0 radical (unpaired) electrons. The van der Waals surface area contributed by atoms with E-state index in [1.165, 1.54) is 13.8 Å². The lowest BCUT2D eigenvalue weighted by Gasteiger charge is -2.24. The first kappa shape index (κ1) is 16.8. The Bertz CT molecular complexity index is 740. The maximum atomic E-state index is 12.6. The number of Topliss-reactive ketones (excluding diaryl/α,β-unsaturated/α-hetero) is 3. The Balaban J connectivity index is 2.36. The number of carboxylic acid groups (broad SMARTS) is 1. The number of fused-ring (bicyclic) bond motifs is 1. The Kier molecular flexibility index (Phi) is 4.32. The summed E-state index contributed by atoms with van der Waals surface area (Å²) in [6, 6.07) is 6.56. The number of carboxylic acids is 1. The van der Waals surface area contributed by atoms with Gasteiger partial charge in [-0.25, -0.2) is 0 Å². The van der Waals surface area contributed by atoms with Gasteiger partial charge in [-0.2, -0.15) is 0 Å². The predicted octanol–water partition coefficient (Wildman–Crippen LogP) is 2.84. The van der Waals surface area contributed by atoms with Crippen molar-refractivity contribution in [2.24, 2.45) is 5.41 Å². The second kappa shape index (κ2) is 5.91. The van der Waals surface area contributed by atoms with Crippen LogP contribution in [-0.2, 0) is 9.59 Å². The molecule has 0 heterocycles. The van der Waals surface area contributed by atoms with Crippen molar-refractivity contribution < 1.29 is 24.3 Å². The standard InChI is InChI=1S/C18H18O5/c1-10-12(8-9-18(3,11(2)19)17(22)23)16(21)14-7-5-4-6-13(14)15(10)20/h4-7H,8-9H2,1-3H3,(H,22,23). The van der Waals surface area contributed by atoms with Crippen LogP contribution in [-0.4, -0.2) is 28.4 Å². The topological polar surface area (TPSA) is 88.5 Å². The maximum absolute atomic E-state index is 12.6. The van der Waals surface area contributed by atoms with Crippen molar-refractivity contribution in [2.45, 2.75) is 33.6 Å². The van der Waals surface area contributed by atoms with Crippen LogP contribution in [0.1, 0.15) is 54.3 Å². The van der Waals surface area contributed by atoms with E-state index in [1.54, 1.807) is 31.2 Å². The molecule has 1 N–H and O–H groups in total. The average Bonchev–Trinajstić information content (AvgIpc) is 2.52. The molecule has 1 aliphatic carbocycles. The highest BCUT2D eigenvalue weighted by Crippen LogP contribution is 2.33. The van der Waals surface area contributed by atoms with Crippen LogP contribution in [0.4, 0.5) is 0 Å². The smallest absolute Gasteiger partial charge is 0.316 e. The van der Waals surface area contributed by atoms with Crippen LogP contribution in [0.25, 0.3) is 0 Å². The molecule has 0 spiro atoms. The van der Waals surface area contributed by atoms with Gasteiger partial charge < -0.3 is 5.11 Å². The number of benzene rings is 1. The van der Waals surface area contributed by atoms with Crippen molar-refractivity contribution in [1.82, 2.24) is 0 Å². The monoisotopic (exact) mass is 314 g/mol. The summed E-state index contributed by atoms with van der Waals surface area (Å²) in [6.07, 6.45) is 0.0542. The van der Waals surface area contributed by atoms with Gasteiger partial charge in [-0.05, 0) is 33.6 Å². The van der Waals surface area contributed by atoms with Crippen molar-refractivity contribution in [3.8, 4) is 0 Å². The zero-order valence-electron chi connectivity index (χ0n) is 13.3. The first-order valence-electron chi connectivity index (χ1n) is 7.32. The van der Waals surface area contributed by atoms with Gasteiger partial charge in [-0.15, -0.1) is 0 Å². The summed E-state index contributed by atoms with van der Waals surface area (Å²) in [6.45, 7) is 4.13. The molecule has 0 amide bonds. The van der Waals surface area contributed by atoms with E-state index in [9.17, 15) is 24.3 Å². The van der Waals surface area contributed by atoms with E-state index >= 15 is 0 Å². The fourth-order valence-electron chi connectivity index (χ4n) is 2.66. The van der Waals surface area contributed by atoms with Crippen LogP contribution in [0, 0.1) is 5.41 Å². The van der Waals surface area contributed by atoms with Crippen LogP contribution in [0.2, 0.25) is 0 Å². The van der Waals surface area contributed by atoms with Crippen molar-refractivity contribution in [3.05, 3.63) is 46.5 Å². The van der Waals surface area contributed by atoms with Crippen molar-refractivity contribution in [2.75, 3.05) is 0 Å². The number of carbonyl (C=O) groups excluding carboxylic acids is 3. The third kappa shape index (κ3) is 2.74. The average molecular weight is 314 g/mol. The van der Waals surface area contributed by atoms with Gasteiger partial charge >= 0.3 is 5.97 Å². The van der Waals surface area contributed by atoms with Crippen LogP contribution in [0.5, 0.6) is 0 Å². The van der Waals surface area contributed by atoms with Crippen LogP contribution < -0.4 is 0 Å². The van der Waals surface area contributed by atoms with E-state index in [0.717, 1.165) is 0 Å². The fraction of sp³-hybridized carbons (Fsp3) is 0.333. The normalized spacial score (nSPS) is 16.8. The minimum atomic E-state index is -1.56. The molecule has 5 heteroatoms. The summed E-state index contributed by atoms with van der Waals surface area (Å²) < 4.78 is 0. The highest BCUT2D eigenvalue weighted by atomic mass is 16.4. The van der Waals surface area contributed by atoms with Crippen molar-refractivity contribution in [3.63, 3.8) is 0 Å². The van der Waals surface area contributed by atoms with E-state index in [1.807, 2.05) is 0 Å². The Morgan fingerprint density at radius 3 is 2.09 bits per heavy atom. The second-order valence-electron chi connectivity index (χ2n) is 6.00. The molecule has 0 aliphatic heterocycles. The number of aliphatic carboxylic acids is 1. The van der Waals surface area contributed by atoms with E-state index in [0.29, 0.717) is 22.3 Å². The molecule has 1 aliphatic rings. The van der Waals surface area contributed by atoms with E-state index in [4.69, 9.17) is 0 Å². The van der Waals surface area contributed by atoms with Gasteiger partial charge in [-0.1, -0.05) is 24.3 Å². The largest absolute Gasteiger partial charge is 0.481 e. The van der Waals surface area contributed by atoms with Crippen LogP contribution >= 0.6 is 0 Å². The SMILES string of the molecule is CC(=O)C(C)(CCC1=C(C)C(=O)c2ccccc2C1=O)C(=O)O. The highest BCUT2D eigenvalue weighted by molar-refractivity contribution is 6.26. The first-order valence-corrected chi connectivity index (χ1v) is 7.32. The third-order valence-corrected chi connectivity index (χ3v) is 4.61. The molecule has 23 heavy (non-hydrogen) atoms. The van der Waals surface area contributed by atoms with Gasteiger partial charge in [0.25, 0.3) is 0 Å². The van der Waals surface area contributed by atoms with Gasteiger partial charge in [0.2, 0.25) is 0 Å². The Morgan fingerprint density at radius 2 is 1.61 bits per heavy atom. The molecule has 1 aromatic rings. The number of allylic oxidation sites excluding steroid dienone is 2. The first-order chi connectivity index (χ1) is 10.7. The zero-order chi connectivity index (χ0) is 17.4. The van der Waals surface area contributed by atoms with Gasteiger partial charge in [-0.3, -0.25) is 19.2 Å². The van der Waals surface area contributed by atoms with Gasteiger partial charge in [0.1, 0.15) is 11.2 Å². The second-order valence-corrected chi connectivity index (χ2v) is 6.00. The lowest BCUT2D eigenvalue weighted by Crippen LogP contribution is -2.35.